The van der Waals surface area contributed by atoms with Gasteiger partial charge < -0.3 is 41.1 Å². The molecule has 23 rings (SSSR count). The second kappa shape index (κ2) is 44.8. The lowest BCUT2D eigenvalue weighted by Gasteiger charge is -2.32. The Hall–Kier alpha value is -17.8. The van der Waals surface area contributed by atoms with Crippen molar-refractivity contribution in [3.05, 3.63) is 379 Å². The second-order valence-corrected chi connectivity index (χ2v) is 36.9. The summed E-state index contributed by atoms with van der Waals surface area (Å²) in [6.07, 6.45) is 26.9. The lowest BCUT2D eigenvalue weighted by atomic mass is 9.96. The standard InChI is InChI=1S/C26H24FN5O.C26H26FN5.C25H21FN4O2.C21H15FN4O.C20H15FN4/c1-17-13-19(3-5-22(17)27)25-21(18-4-6-23-24(15-18)29-8-7-28-23)14-20(16-30-25)26(33)32-11-9-31(2)10-12-32;1-17-13-19(3-5-23(17)27)26-22(18-4-6-24-25(14-18)29-10-9-28-24)15-21(16-30-26)31-20-7-11-32(2)12-8-20;1-16-12-18(2-4-21(16)26)24-20(17-3-5-22-23(14-17)28-7-6-27-22)13-19(15-29-24)25(31)30-8-10-32-11-9-30;1-12-8-14(2-4-17(12)22)20-16(9-15(11-26-20)21(23)27)13-3-5-18-19(10-13)25-7-6-24-18;1-12-8-14(2-4-17(12)21)20-16(10-15(22)11-25-20)13-3-5-18-19(9-13)24-7-6-23-18/h3-8,13-16H,9-12H2,1-2H3;3-6,9-10,13-16,20,31H,7-8,11-12H2,1-2H3;2-7,12-15H,8-11H2,1H3;2-11H,1H3,(H2,23,27);2-11H,22H2,1H3. The van der Waals surface area contributed by atoms with Crippen molar-refractivity contribution in [2.75, 3.05) is 90.7 Å². The number of anilines is 2. The van der Waals surface area contributed by atoms with Crippen molar-refractivity contribution in [3.8, 4) is 112 Å². The van der Waals surface area contributed by atoms with Crippen LogP contribution >= 0.6 is 0 Å². The third kappa shape index (κ3) is 23.1. The number of piperazine rings is 1. The van der Waals surface area contributed by atoms with E-state index in [1.165, 1.54) is 36.5 Å². The van der Waals surface area contributed by atoms with Gasteiger partial charge in [0.25, 0.3) is 11.8 Å². The van der Waals surface area contributed by atoms with Crippen LogP contribution < -0.4 is 16.8 Å². The number of nitrogens with zero attached hydrogens (tertiary/aromatic N) is 19. The highest BCUT2D eigenvalue weighted by Gasteiger charge is 2.28. The number of benzene rings is 10. The van der Waals surface area contributed by atoms with Gasteiger partial charge in [0.2, 0.25) is 5.91 Å². The Morgan fingerprint density at radius 1 is 0.289 bits per heavy atom. The smallest absolute Gasteiger partial charge is 0.255 e. The van der Waals surface area contributed by atoms with E-state index in [0.29, 0.717) is 118 Å². The number of halogens is 5. The number of hydrogen-bond donors (Lipinski definition) is 3. The first-order chi connectivity index (χ1) is 72.3. The summed E-state index contributed by atoms with van der Waals surface area (Å²) in [7, 11) is 4.22. The van der Waals surface area contributed by atoms with Crippen LogP contribution in [0.3, 0.4) is 0 Å². The molecular formula is C118H101F5N22O4. The van der Waals surface area contributed by atoms with Crippen molar-refractivity contribution in [2.24, 2.45) is 5.73 Å². The molecule has 0 aliphatic carbocycles. The van der Waals surface area contributed by atoms with Gasteiger partial charge in [0, 0.05) is 182 Å². The molecule has 20 aromatic rings. The van der Waals surface area contributed by atoms with Gasteiger partial charge in [-0.3, -0.25) is 89.1 Å². The Bertz CT molecular complexity index is 8480. The highest BCUT2D eigenvalue weighted by Crippen LogP contribution is 2.42. The number of rotatable bonds is 15. The molecule has 10 aromatic carbocycles. The van der Waals surface area contributed by atoms with Crippen LogP contribution in [0.4, 0.5) is 33.3 Å². The first-order valence-corrected chi connectivity index (χ1v) is 48.5. The lowest BCUT2D eigenvalue weighted by Crippen LogP contribution is -2.47. The predicted octanol–water partition coefficient (Wildman–Crippen LogP) is 22.1. The summed E-state index contributed by atoms with van der Waals surface area (Å²) in [6, 6.07) is 63.8. The van der Waals surface area contributed by atoms with Gasteiger partial charge >= 0.3 is 0 Å². The summed E-state index contributed by atoms with van der Waals surface area (Å²) in [5, 5.41) is 3.67. The maximum absolute atomic E-state index is 13.9. The van der Waals surface area contributed by atoms with Crippen molar-refractivity contribution in [2.45, 2.75) is 53.5 Å². The molecule has 0 unspecified atom stereocenters. The van der Waals surface area contributed by atoms with Crippen LogP contribution in [0, 0.1) is 63.7 Å². The van der Waals surface area contributed by atoms with Gasteiger partial charge in [-0.05, 0) is 312 Å². The molecule has 742 valence electrons. The SMILES string of the molecule is Cc1cc(-c2ncc(C(=O)N3CCN(C)CC3)cc2-c2ccc3nccnc3c2)ccc1F.Cc1cc(-c2ncc(C(=O)N3CCOCC3)cc2-c2ccc3nccnc3c2)ccc1F.Cc1cc(-c2ncc(C(N)=O)cc2-c2ccc3nccnc3c2)ccc1F.Cc1cc(-c2ncc(N)cc2-c2ccc3nccnc3c2)ccc1F.Cc1cc(-c2ncc(NC3CCN(C)CC3)cc2-c2ccc3nccnc3c2)ccc1F. The topological polar surface area (TPSA) is 331 Å². The lowest BCUT2D eigenvalue weighted by molar-refractivity contribution is 0.0302. The van der Waals surface area contributed by atoms with Gasteiger partial charge in [0.1, 0.15) is 29.1 Å². The molecule has 3 fully saturated rings. The predicted molar refractivity (Wildman–Crippen MR) is 572 cm³/mol. The minimum absolute atomic E-state index is 0.0285. The fraction of sp³-hybridized carbons (Fsp3) is 0.169. The summed E-state index contributed by atoms with van der Waals surface area (Å²) in [5.74, 6) is -1.93. The number of likely N-dealkylation sites (tertiary alicyclic amines) is 1. The molecule has 3 aliphatic heterocycles. The number of hydrogen-bond acceptors (Lipinski definition) is 23. The fourth-order valence-electron chi connectivity index (χ4n) is 18.2. The molecule has 0 saturated carbocycles. The highest BCUT2D eigenvalue weighted by molar-refractivity contribution is 6.01. The Morgan fingerprint density at radius 3 is 0.866 bits per heavy atom. The molecule has 0 bridgehead atoms. The van der Waals surface area contributed by atoms with Crippen molar-refractivity contribution in [3.63, 3.8) is 0 Å². The van der Waals surface area contributed by atoms with E-state index in [0.717, 1.165) is 189 Å². The number of nitrogens with one attached hydrogen (secondary N) is 1. The minimum atomic E-state index is -0.564. The van der Waals surface area contributed by atoms with Crippen LogP contribution in [-0.4, -0.2) is 198 Å². The molecule has 149 heavy (non-hydrogen) atoms. The molecule has 3 amide bonds. The summed E-state index contributed by atoms with van der Waals surface area (Å²) >= 11 is 0. The van der Waals surface area contributed by atoms with Crippen molar-refractivity contribution in [1.82, 2.24) is 94.4 Å². The molecule has 5 N–H and O–H groups in total. The Balaban J connectivity index is 0.000000117. The third-order valence-corrected chi connectivity index (χ3v) is 26.5. The van der Waals surface area contributed by atoms with Gasteiger partial charge in [-0.25, -0.2) is 22.0 Å². The number of ether oxygens (including phenoxy) is 1. The number of fused-ring (bicyclic) bond motifs is 5. The maximum atomic E-state index is 13.9. The number of piperidine rings is 1. The van der Waals surface area contributed by atoms with E-state index in [4.69, 9.17) is 26.2 Å². The summed E-state index contributed by atoms with van der Waals surface area (Å²) in [4.78, 5) is 113. The first-order valence-electron chi connectivity index (χ1n) is 48.5. The van der Waals surface area contributed by atoms with E-state index in [1.54, 1.807) is 181 Å². The van der Waals surface area contributed by atoms with Crippen molar-refractivity contribution < 1.29 is 41.1 Å². The maximum Gasteiger partial charge on any atom is 0.255 e. The molecule has 13 heterocycles. The van der Waals surface area contributed by atoms with Gasteiger partial charge in [-0.15, -0.1) is 0 Å². The van der Waals surface area contributed by atoms with Gasteiger partial charge in [0.15, 0.2) is 0 Å². The van der Waals surface area contributed by atoms with Gasteiger partial charge in [0.05, 0.1) is 137 Å². The molecule has 0 radical (unpaired) electrons. The van der Waals surface area contributed by atoms with E-state index < -0.39 is 5.91 Å². The second-order valence-electron chi connectivity index (χ2n) is 36.9. The number of pyridine rings is 5. The number of amides is 3. The number of carbonyl (C=O) groups excluding carboxylic acids is 3. The normalized spacial score (nSPS) is 13.3. The number of primary amides is 1. The van der Waals surface area contributed by atoms with Crippen LogP contribution in [0.1, 0.15) is 71.7 Å². The summed E-state index contributed by atoms with van der Waals surface area (Å²) < 4.78 is 74.4. The zero-order valence-electron chi connectivity index (χ0n) is 82.6. The zero-order chi connectivity index (χ0) is 103. The number of aryl methyl sites for hydroxylation is 5. The molecule has 26 nitrogen and oxygen atoms in total. The van der Waals surface area contributed by atoms with Crippen LogP contribution in [0.5, 0.6) is 0 Å². The van der Waals surface area contributed by atoms with Crippen LogP contribution in [0.15, 0.2) is 305 Å². The number of aromatic nitrogens is 15. The molecule has 0 atom stereocenters. The van der Waals surface area contributed by atoms with Crippen LogP contribution in [0.2, 0.25) is 0 Å². The van der Waals surface area contributed by atoms with Gasteiger partial charge in [-0.1, -0.05) is 30.3 Å². The fourth-order valence-corrected chi connectivity index (χ4v) is 18.2. The number of nitrogens with two attached hydrogens (primary N) is 2. The molecule has 3 aliphatic rings. The van der Waals surface area contributed by atoms with Crippen molar-refractivity contribution >= 4 is 84.3 Å². The molecule has 31 heteroatoms. The van der Waals surface area contributed by atoms with E-state index in [2.05, 4.69) is 100 Å². The van der Waals surface area contributed by atoms with Crippen LogP contribution in [-0.2, 0) is 4.74 Å². The average molecular weight is 1990 g/mol. The summed E-state index contributed by atoms with van der Waals surface area (Å²) in [5.41, 5.74) is 41.2. The largest absolute Gasteiger partial charge is 0.397 e. The number of nitrogen functional groups attached to an aromatic ring is 1. The van der Waals surface area contributed by atoms with Gasteiger partial charge in [-0.2, -0.15) is 0 Å². The van der Waals surface area contributed by atoms with E-state index in [1.807, 2.05) is 126 Å². The highest BCUT2D eigenvalue weighted by atomic mass is 19.1. The molecule has 10 aromatic heterocycles. The van der Waals surface area contributed by atoms with Crippen molar-refractivity contribution in [1.29, 1.82) is 0 Å². The third-order valence-electron chi connectivity index (χ3n) is 26.5. The Morgan fingerprint density at radius 2 is 0.550 bits per heavy atom. The quantitative estimate of drug-likeness (QED) is 0.0803. The van der Waals surface area contributed by atoms with E-state index in [-0.39, 0.29) is 40.9 Å². The average Bonchev–Trinajstić information content (AvgIpc) is 0.792. The van der Waals surface area contributed by atoms with Crippen LogP contribution in [0.25, 0.3) is 167 Å². The Kier molecular flexibility index (Phi) is 30.0. The monoisotopic (exact) mass is 1980 g/mol. The molecule has 0 spiro atoms. The first kappa shape index (κ1) is 99.9. The zero-order valence-corrected chi connectivity index (χ0v) is 82.6. The molecule has 3 saturated heterocycles. The summed E-state index contributed by atoms with van der Waals surface area (Å²) in [6.45, 7) is 16.1. The number of likely N-dealkylation sites (N-methyl/N-ethyl adjacent to an activating group) is 1. The minimum Gasteiger partial charge on any atom is -0.397 e. The Labute approximate surface area is 855 Å². The van der Waals surface area contributed by atoms with E-state index in [9.17, 15) is 36.3 Å². The van der Waals surface area contributed by atoms with E-state index >= 15 is 0 Å². The molecular weight excluding hydrogens is 1880 g/mol. The number of carbonyl (C=O) groups is 3. The number of morpholine rings is 1.